The maximum Gasteiger partial charge on any atom is 0.0646 e. The number of aromatic nitrogens is 1. The van der Waals surface area contributed by atoms with Gasteiger partial charge in [-0.05, 0) is 31.9 Å². The van der Waals surface area contributed by atoms with Gasteiger partial charge < -0.3 is 10.5 Å². The molecule has 0 bridgehead atoms. The van der Waals surface area contributed by atoms with Gasteiger partial charge in [0, 0.05) is 24.5 Å². The third-order valence-electron chi connectivity index (χ3n) is 2.09. The van der Waals surface area contributed by atoms with Crippen LogP contribution >= 0.6 is 11.6 Å². The lowest BCUT2D eigenvalue weighted by atomic mass is 9.95. The molecule has 1 unspecified atom stereocenters. The van der Waals surface area contributed by atoms with E-state index in [2.05, 4.69) is 4.98 Å². The van der Waals surface area contributed by atoms with Crippen molar-refractivity contribution in [3.05, 3.63) is 29.0 Å². The molecule has 0 amide bonds. The molecule has 3 nitrogen and oxygen atoms in total. The summed E-state index contributed by atoms with van der Waals surface area (Å²) < 4.78 is 5.33. The van der Waals surface area contributed by atoms with Gasteiger partial charge in [-0.3, -0.25) is 4.98 Å². The monoisotopic (exact) mass is 228 g/mol. The van der Waals surface area contributed by atoms with E-state index in [1.54, 1.807) is 12.4 Å². The fraction of sp³-hybridized carbons (Fsp3) is 0.545. The van der Waals surface area contributed by atoms with Crippen molar-refractivity contribution in [1.29, 1.82) is 0 Å². The molecule has 1 aromatic heterocycles. The average Bonchev–Trinajstić information content (AvgIpc) is 2.18. The highest BCUT2D eigenvalue weighted by Gasteiger charge is 2.20. The zero-order chi connectivity index (χ0) is 11.3. The van der Waals surface area contributed by atoms with Gasteiger partial charge in [0.05, 0.1) is 11.6 Å². The Morgan fingerprint density at radius 2 is 2.33 bits per heavy atom. The zero-order valence-corrected chi connectivity index (χ0v) is 9.92. The molecule has 1 heterocycles. The number of ether oxygens (including phenoxy) is 1. The fourth-order valence-electron chi connectivity index (χ4n) is 1.37. The molecule has 1 atom stereocenters. The van der Waals surface area contributed by atoms with Crippen LogP contribution in [0.15, 0.2) is 18.5 Å². The molecule has 0 saturated heterocycles. The van der Waals surface area contributed by atoms with Crippen molar-refractivity contribution in [2.75, 3.05) is 13.2 Å². The van der Waals surface area contributed by atoms with Crippen LogP contribution in [0.3, 0.4) is 0 Å². The molecule has 0 spiro atoms. The lowest BCUT2D eigenvalue weighted by Crippen LogP contribution is -2.43. The van der Waals surface area contributed by atoms with Crippen LogP contribution in [0.1, 0.15) is 19.4 Å². The Kier molecular flexibility index (Phi) is 4.51. The number of nitrogens with two attached hydrogens (primary N) is 1. The topological polar surface area (TPSA) is 48.1 Å². The highest BCUT2D eigenvalue weighted by molar-refractivity contribution is 6.31. The molecule has 0 saturated carbocycles. The Labute approximate surface area is 95.6 Å². The molecule has 0 aliphatic heterocycles. The van der Waals surface area contributed by atoms with Gasteiger partial charge in [-0.25, -0.2) is 0 Å². The molecule has 1 aromatic rings. The molecule has 0 radical (unpaired) electrons. The second kappa shape index (κ2) is 5.45. The minimum atomic E-state index is -0.388. The van der Waals surface area contributed by atoms with Gasteiger partial charge in [-0.15, -0.1) is 0 Å². The molecule has 0 fully saturated rings. The first-order valence-electron chi connectivity index (χ1n) is 5.00. The molecule has 0 aromatic carbocycles. The van der Waals surface area contributed by atoms with Gasteiger partial charge in [0.2, 0.25) is 0 Å². The van der Waals surface area contributed by atoms with Crippen molar-refractivity contribution in [2.24, 2.45) is 5.73 Å². The van der Waals surface area contributed by atoms with E-state index in [4.69, 9.17) is 22.1 Å². The van der Waals surface area contributed by atoms with E-state index in [1.165, 1.54) is 0 Å². The predicted octanol–water partition coefficient (Wildman–Crippen LogP) is 2.03. The molecule has 0 aliphatic carbocycles. The minimum absolute atomic E-state index is 0.388. The van der Waals surface area contributed by atoms with E-state index in [0.717, 1.165) is 5.56 Å². The first-order valence-corrected chi connectivity index (χ1v) is 5.38. The number of pyridine rings is 1. The highest BCUT2D eigenvalue weighted by Crippen LogP contribution is 2.18. The summed E-state index contributed by atoms with van der Waals surface area (Å²) in [6.07, 6.45) is 4.04. The van der Waals surface area contributed by atoms with E-state index in [0.29, 0.717) is 24.7 Å². The van der Waals surface area contributed by atoms with Gasteiger partial charge >= 0.3 is 0 Å². The van der Waals surface area contributed by atoms with E-state index in [1.807, 2.05) is 19.9 Å². The maximum absolute atomic E-state index is 6.10. The van der Waals surface area contributed by atoms with Gasteiger partial charge in [-0.1, -0.05) is 11.6 Å². The van der Waals surface area contributed by atoms with Gasteiger partial charge in [0.25, 0.3) is 0 Å². The van der Waals surface area contributed by atoms with Crippen LogP contribution in [-0.4, -0.2) is 23.7 Å². The molecule has 4 heteroatoms. The molecule has 84 valence electrons. The first-order chi connectivity index (χ1) is 7.05. The SMILES string of the molecule is CCOCC(C)(N)Cc1ccncc1Cl. The van der Waals surface area contributed by atoms with Gasteiger partial charge in [0.1, 0.15) is 0 Å². The van der Waals surface area contributed by atoms with Crippen LogP contribution in [0.5, 0.6) is 0 Å². The highest BCUT2D eigenvalue weighted by atomic mass is 35.5. The Morgan fingerprint density at radius 1 is 1.60 bits per heavy atom. The Hall–Kier alpha value is -0.640. The lowest BCUT2D eigenvalue weighted by molar-refractivity contribution is 0.101. The van der Waals surface area contributed by atoms with Crippen LogP contribution in [0, 0.1) is 0 Å². The normalized spacial score (nSPS) is 14.9. The number of halogens is 1. The maximum atomic E-state index is 6.10. The van der Waals surface area contributed by atoms with E-state index in [9.17, 15) is 0 Å². The summed E-state index contributed by atoms with van der Waals surface area (Å²) in [6.45, 7) is 5.12. The van der Waals surface area contributed by atoms with E-state index in [-0.39, 0.29) is 5.54 Å². The van der Waals surface area contributed by atoms with Crippen LogP contribution in [0.25, 0.3) is 0 Å². The Bertz CT molecular complexity index is 315. The predicted molar refractivity (Wildman–Crippen MR) is 62.0 cm³/mol. The molecular weight excluding hydrogens is 212 g/mol. The van der Waals surface area contributed by atoms with Gasteiger partial charge in [-0.2, -0.15) is 0 Å². The molecular formula is C11H17ClN2O. The summed E-state index contributed by atoms with van der Waals surface area (Å²) >= 11 is 6.01. The van der Waals surface area contributed by atoms with Crippen molar-refractivity contribution in [3.8, 4) is 0 Å². The summed E-state index contributed by atoms with van der Waals surface area (Å²) in [6, 6.07) is 1.89. The van der Waals surface area contributed by atoms with Crippen molar-refractivity contribution >= 4 is 11.6 Å². The van der Waals surface area contributed by atoms with Crippen LogP contribution in [0.4, 0.5) is 0 Å². The largest absolute Gasteiger partial charge is 0.380 e. The quantitative estimate of drug-likeness (QED) is 0.839. The summed E-state index contributed by atoms with van der Waals surface area (Å²) in [5.41, 5.74) is 6.72. The van der Waals surface area contributed by atoms with E-state index >= 15 is 0 Å². The Morgan fingerprint density at radius 3 is 2.93 bits per heavy atom. The first kappa shape index (κ1) is 12.4. The Balaban J connectivity index is 2.64. The molecule has 15 heavy (non-hydrogen) atoms. The van der Waals surface area contributed by atoms with Crippen molar-refractivity contribution in [1.82, 2.24) is 4.98 Å². The smallest absolute Gasteiger partial charge is 0.0646 e. The third kappa shape index (κ3) is 4.16. The average molecular weight is 229 g/mol. The lowest BCUT2D eigenvalue weighted by Gasteiger charge is -2.24. The number of hydrogen-bond acceptors (Lipinski definition) is 3. The number of hydrogen-bond donors (Lipinski definition) is 1. The van der Waals surface area contributed by atoms with Crippen molar-refractivity contribution in [3.63, 3.8) is 0 Å². The van der Waals surface area contributed by atoms with Crippen LogP contribution in [-0.2, 0) is 11.2 Å². The summed E-state index contributed by atoms with van der Waals surface area (Å²) in [7, 11) is 0. The summed E-state index contributed by atoms with van der Waals surface area (Å²) in [5.74, 6) is 0. The fourth-order valence-corrected chi connectivity index (χ4v) is 1.55. The van der Waals surface area contributed by atoms with Gasteiger partial charge in [0.15, 0.2) is 0 Å². The van der Waals surface area contributed by atoms with Crippen LogP contribution < -0.4 is 5.73 Å². The zero-order valence-electron chi connectivity index (χ0n) is 9.16. The van der Waals surface area contributed by atoms with E-state index < -0.39 is 0 Å². The molecule has 0 aliphatic rings. The minimum Gasteiger partial charge on any atom is -0.380 e. The summed E-state index contributed by atoms with van der Waals surface area (Å²) in [4.78, 5) is 3.93. The second-order valence-electron chi connectivity index (χ2n) is 3.94. The number of rotatable bonds is 5. The molecule has 2 N–H and O–H groups in total. The second-order valence-corrected chi connectivity index (χ2v) is 4.34. The van der Waals surface area contributed by atoms with Crippen LogP contribution in [0.2, 0.25) is 5.02 Å². The molecule has 1 rings (SSSR count). The summed E-state index contributed by atoms with van der Waals surface area (Å²) in [5, 5.41) is 0.658. The standard InChI is InChI=1S/C11H17ClN2O/c1-3-15-8-11(2,13)6-9-4-5-14-7-10(9)12/h4-5,7H,3,6,8,13H2,1-2H3. The number of nitrogens with zero attached hydrogens (tertiary/aromatic N) is 1. The third-order valence-corrected chi connectivity index (χ3v) is 2.43. The van der Waals surface area contributed by atoms with Crippen molar-refractivity contribution in [2.45, 2.75) is 25.8 Å². The van der Waals surface area contributed by atoms with Crippen molar-refractivity contribution < 1.29 is 4.74 Å².